The van der Waals surface area contributed by atoms with Crippen molar-refractivity contribution in [3.05, 3.63) is 75.9 Å². The Kier molecular flexibility index (Phi) is 5.06. The molecule has 178 valence electrons. The molecule has 0 N–H and O–H groups in total. The van der Waals surface area contributed by atoms with Crippen molar-refractivity contribution in [1.82, 2.24) is 29.3 Å². The minimum Gasteiger partial charge on any atom is -0.369 e. The van der Waals surface area contributed by atoms with Crippen molar-refractivity contribution >= 4 is 16.6 Å². The van der Waals surface area contributed by atoms with Crippen LogP contribution in [0.2, 0.25) is 0 Å². The summed E-state index contributed by atoms with van der Waals surface area (Å²) in [6.45, 7) is 2.10. The number of benzene rings is 1. The summed E-state index contributed by atoms with van der Waals surface area (Å²) in [7, 11) is 1.60. The number of aromatic nitrogens is 6. The lowest BCUT2D eigenvalue weighted by Gasteiger charge is -2.21. The van der Waals surface area contributed by atoms with Gasteiger partial charge in [-0.05, 0) is 50.0 Å². The first-order chi connectivity index (χ1) is 16.9. The SMILES string of the molecule is Cc1nc2c(-c3ccc(F)cc3F)nc(C3=CC(c4cnn(C5CC5)c4)OCC3)nc2c(=O)n1C. The van der Waals surface area contributed by atoms with Crippen LogP contribution in [0.25, 0.3) is 27.9 Å². The van der Waals surface area contributed by atoms with E-state index < -0.39 is 11.6 Å². The Labute approximate surface area is 198 Å². The molecule has 0 bridgehead atoms. The molecule has 10 heteroatoms. The molecule has 35 heavy (non-hydrogen) atoms. The zero-order valence-corrected chi connectivity index (χ0v) is 19.2. The zero-order chi connectivity index (χ0) is 24.3. The van der Waals surface area contributed by atoms with E-state index in [1.165, 1.54) is 10.6 Å². The van der Waals surface area contributed by atoms with Gasteiger partial charge in [0.2, 0.25) is 0 Å². The van der Waals surface area contributed by atoms with Gasteiger partial charge in [0.1, 0.15) is 34.8 Å². The van der Waals surface area contributed by atoms with Crippen molar-refractivity contribution in [2.24, 2.45) is 7.05 Å². The quantitative estimate of drug-likeness (QED) is 0.442. The summed E-state index contributed by atoms with van der Waals surface area (Å²) in [6, 6.07) is 3.71. The van der Waals surface area contributed by atoms with Gasteiger partial charge in [-0.3, -0.25) is 14.0 Å². The minimum absolute atomic E-state index is 0.0510. The molecule has 1 unspecified atom stereocenters. The van der Waals surface area contributed by atoms with Gasteiger partial charge in [-0.25, -0.2) is 23.7 Å². The molecule has 4 aromatic rings. The molecule has 1 saturated carbocycles. The van der Waals surface area contributed by atoms with Crippen LogP contribution in [0.15, 0.2) is 41.5 Å². The maximum atomic E-state index is 14.8. The number of fused-ring (bicyclic) bond motifs is 1. The van der Waals surface area contributed by atoms with Gasteiger partial charge < -0.3 is 4.74 Å². The zero-order valence-electron chi connectivity index (χ0n) is 19.2. The van der Waals surface area contributed by atoms with Crippen molar-refractivity contribution in [2.45, 2.75) is 38.3 Å². The van der Waals surface area contributed by atoms with Gasteiger partial charge in [0, 0.05) is 30.4 Å². The van der Waals surface area contributed by atoms with Crippen LogP contribution in [0.1, 0.15) is 48.6 Å². The lowest BCUT2D eigenvalue weighted by Crippen LogP contribution is -2.23. The smallest absolute Gasteiger partial charge is 0.279 e. The predicted octanol–water partition coefficient (Wildman–Crippen LogP) is 4.05. The molecular weight excluding hydrogens is 454 g/mol. The molecule has 8 nitrogen and oxygen atoms in total. The summed E-state index contributed by atoms with van der Waals surface area (Å²) in [6.07, 6.45) is 8.14. The summed E-state index contributed by atoms with van der Waals surface area (Å²) in [4.78, 5) is 26.8. The molecule has 0 amide bonds. The lowest BCUT2D eigenvalue weighted by atomic mass is 10.0. The largest absolute Gasteiger partial charge is 0.369 e. The van der Waals surface area contributed by atoms with Gasteiger partial charge >= 0.3 is 0 Å². The number of aryl methyl sites for hydroxylation is 1. The maximum absolute atomic E-state index is 14.8. The highest BCUT2D eigenvalue weighted by molar-refractivity contribution is 5.89. The monoisotopic (exact) mass is 476 g/mol. The Morgan fingerprint density at radius 1 is 1.11 bits per heavy atom. The first-order valence-electron chi connectivity index (χ1n) is 11.5. The van der Waals surface area contributed by atoms with E-state index in [1.807, 2.05) is 17.0 Å². The fourth-order valence-electron chi connectivity index (χ4n) is 4.29. The second-order valence-corrected chi connectivity index (χ2v) is 8.96. The third-order valence-corrected chi connectivity index (χ3v) is 6.52. The molecule has 1 aromatic carbocycles. The summed E-state index contributed by atoms with van der Waals surface area (Å²) in [5.41, 5.74) is 1.78. The number of nitrogens with zero attached hydrogens (tertiary/aromatic N) is 6. The number of rotatable bonds is 4. The van der Waals surface area contributed by atoms with E-state index in [1.54, 1.807) is 20.2 Å². The van der Waals surface area contributed by atoms with Crippen molar-refractivity contribution in [3.63, 3.8) is 0 Å². The molecule has 0 radical (unpaired) electrons. The van der Waals surface area contributed by atoms with Crippen LogP contribution in [0.4, 0.5) is 8.78 Å². The fourth-order valence-corrected chi connectivity index (χ4v) is 4.29. The molecule has 2 aliphatic rings. The van der Waals surface area contributed by atoms with E-state index in [-0.39, 0.29) is 34.0 Å². The highest BCUT2D eigenvalue weighted by Gasteiger charge is 2.27. The van der Waals surface area contributed by atoms with Gasteiger partial charge in [-0.15, -0.1) is 0 Å². The van der Waals surface area contributed by atoms with Crippen LogP contribution in [0.5, 0.6) is 0 Å². The predicted molar refractivity (Wildman–Crippen MR) is 124 cm³/mol. The minimum atomic E-state index is -0.789. The van der Waals surface area contributed by atoms with Crippen LogP contribution in [0.3, 0.4) is 0 Å². The molecule has 0 saturated heterocycles. The summed E-state index contributed by atoms with van der Waals surface area (Å²) >= 11 is 0. The van der Waals surface area contributed by atoms with E-state index in [4.69, 9.17) is 4.74 Å². The average molecular weight is 476 g/mol. The van der Waals surface area contributed by atoms with Crippen LogP contribution in [-0.2, 0) is 11.8 Å². The van der Waals surface area contributed by atoms with Crippen molar-refractivity contribution < 1.29 is 13.5 Å². The molecule has 4 heterocycles. The highest BCUT2D eigenvalue weighted by Crippen LogP contribution is 2.37. The molecule has 0 spiro atoms. The van der Waals surface area contributed by atoms with E-state index in [2.05, 4.69) is 20.1 Å². The second kappa shape index (κ2) is 8.16. The Balaban J connectivity index is 1.52. The highest BCUT2D eigenvalue weighted by atomic mass is 19.1. The third-order valence-electron chi connectivity index (χ3n) is 6.52. The number of halogens is 2. The number of hydrogen-bond acceptors (Lipinski definition) is 6. The van der Waals surface area contributed by atoms with Crippen molar-refractivity contribution in [3.8, 4) is 11.3 Å². The van der Waals surface area contributed by atoms with E-state index in [0.717, 1.165) is 36.1 Å². The number of hydrogen-bond donors (Lipinski definition) is 0. The van der Waals surface area contributed by atoms with Crippen molar-refractivity contribution in [2.75, 3.05) is 6.61 Å². The first kappa shape index (κ1) is 21.7. The van der Waals surface area contributed by atoms with Crippen LogP contribution < -0.4 is 5.56 Å². The molecule has 6 rings (SSSR count). The maximum Gasteiger partial charge on any atom is 0.279 e. The van der Waals surface area contributed by atoms with E-state index >= 15 is 0 Å². The van der Waals surface area contributed by atoms with E-state index in [9.17, 15) is 13.6 Å². The average Bonchev–Trinajstić information content (AvgIpc) is 3.59. The topological polar surface area (TPSA) is 87.7 Å². The Morgan fingerprint density at radius 3 is 2.71 bits per heavy atom. The van der Waals surface area contributed by atoms with Gasteiger partial charge in [0.15, 0.2) is 11.3 Å². The van der Waals surface area contributed by atoms with Gasteiger partial charge in [-0.1, -0.05) is 0 Å². The lowest BCUT2D eigenvalue weighted by molar-refractivity contribution is 0.0825. The third kappa shape index (κ3) is 3.83. The molecule has 1 aliphatic heterocycles. The molecule has 1 aliphatic carbocycles. The van der Waals surface area contributed by atoms with Gasteiger partial charge in [0.05, 0.1) is 18.8 Å². The normalized spacial score (nSPS) is 18.2. The van der Waals surface area contributed by atoms with E-state index in [0.29, 0.717) is 30.7 Å². The summed E-state index contributed by atoms with van der Waals surface area (Å²) in [5, 5.41) is 4.44. The molecular formula is C25H22F2N6O2. The van der Waals surface area contributed by atoms with Crippen LogP contribution in [-0.4, -0.2) is 35.9 Å². The standard InChI is InChI=1S/C25H22F2N6O2/c1-13-29-22-21(18-6-3-16(26)10-19(18)27)30-24(31-23(22)25(34)32(13)2)14-7-8-35-20(9-14)15-11-28-33(12-15)17-4-5-17/h3,6,9-12,17,20H,4-5,7-8H2,1-2H3. The molecule has 3 aromatic heterocycles. The fraction of sp³-hybridized carbons (Fsp3) is 0.320. The summed E-state index contributed by atoms with van der Waals surface area (Å²) in [5.74, 6) is -0.767. The first-order valence-corrected chi connectivity index (χ1v) is 11.5. The second-order valence-electron chi connectivity index (χ2n) is 8.96. The van der Waals surface area contributed by atoms with Gasteiger partial charge in [-0.2, -0.15) is 5.10 Å². The number of ether oxygens (including phenoxy) is 1. The Bertz CT molecular complexity index is 1570. The van der Waals surface area contributed by atoms with Gasteiger partial charge in [0.25, 0.3) is 5.56 Å². The van der Waals surface area contributed by atoms with Crippen molar-refractivity contribution in [1.29, 1.82) is 0 Å². The Morgan fingerprint density at radius 2 is 1.94 bits per heavy atom. The molecule has 1 fully saturated rings. The Hall–Kier alpha value is -3.79. The molecule has 1 atom stereocenters. The van der Waals surface area contributed by atoms with Crippen LogP contribution >= 0.6 is 0 Å². The summed E-state index contributed by atoms with van der Waals surface area (Å²) < 4.78 is 37.7. The van der Waals surface area contributed by atoms with Crippen LogP contribution in [0, 0.1) is 18.6 Å².